The van der Waals surface area contributed by atoms with Crippen molar-refractivity contribution in [3.63, 3.8) is 0 Å². The Morgan fingerprint density at radius 1 is 0.519 bits per heavy atom. The van der Waals surface area contributed by atoms with Crippen LogP contribution in [0.15, 0.2) is 109 Å². The Kier molecular flexibility index (Phi) is 5.45. The van der Waals surface area contributed by atoms with E-state index in [2.05, 4.69) is 116 Å². The summed E-state index contributed by atoms with van der Waals surface area (Å²) in [5.74, 6) is 0. The lowest BCUT2D eigenvalue weighted by atomic mass is 9.88. The van der Waals surface area contributed by atoms with Crippen molar-refractivity contribution in [2.75, 3.05) is 0 Å². The second-order valence-corrected chi connectivity index (χ2v) is 6.73. The average molecular weight is 347 g/mol. The van der Waals surface area contributed by atoms with Crippen molar-refractivity contribution in [1.82, 2.24) is 0 Å². The van der Waals surface area contributed by atoms with E-state index >= 15 is 0 Å². The molecule has 0 atom stereocenters. The van der Waals surface area contributed by atoms with Gasteiger partial charge in [0, 0.05) is 0 Å². The van der Waals surface area contributed by atoms with Crippen LogP contribution in [0, 0.1) is 6.42 Å². The van der Waals surface area contributed by atoms with E-state index in [1.807, 2.05) is 0 Å². The summed E-state index contributed by atoms with van der Waals surface area (Å²) in [5.41, 5.74) is 7.90. The highest BCUT2D eigenvalue weighted by Gasteiger charge is 2.12. The zero-order valence-electron chi connectivity index (χ0n) is 15.4. The molecule has 4 aromatic carbocycles. The van der Waals surface area contributed by atoms with E-state index in [1.165, 1.54) is 33.4 Å². The van der Waals surface area contributed by atoms with Crippen LogP contribution in [0.5, 0.6) is 0 Å². The SMILES string of the molecule is [CH](CCc1cccc(-c2ccccc2)c1-c1ccccc1)c1ccccc1. The molecule has 0 saturated carbocycles. The first-order chi connectivity index (χ1) is 13.4. The third-order valence-electron chi connectivity index (χ3n) is 4.89. The summed E-state index contributed by atoms with van der Waals surface area (Å²) in [6.45, 7) is 0. The zero-order chi connectivity index (χ0) is 18.3. The molecule has 0 heteroatoms. The molecule has 0 aliphatic heterocycles. The van der Waals surface area contributed by atoms with Gasteiger partial charge in [-0.1, -0.05) is 109 Å². The fourth-order valence-electron chi connectivity index (χ4n) is 3.60. The number of hydrogen-bond donors (Lipinski definition) is 0. The topological polar surface area (TPSA) is 0 Å². The lowest BCUT2D eigenvalue weighted by Gasteiger charge is -2.16. The molecule has 4 aromatic rings. The minimum Gasteiger partial charge on any atom is -0.0622 e. The summed E-state index contributed by atoms with van der Waals surface area (Å²) in [5, 5.41) is 0. The zero-order valence-corrected chi connectivity index (χ0v) is 15.4. The average Bonchev–Trinajstić information content (AvgIpc) is 2.75. The van der Waals surface area contributed by atoms with Crippen molar-refractivity contribution < 1.29 is 0 Å². The second kappa shape index (κ2) is 8.51. The molecule has 0 unspecified atom stereocenters. The Morgan fingerprint density at radius 3 is 1.78 bits per heavy atom. The minimum absolute atomic E-state index is 1.03. The van der Waals surface area contributed by atoms with Crippen LogP contribution in [0.2, 0.25) is 0 Å². The van der Waals surface area contributed by atoms with E-state index in [1.54, 1.807) is 0 Å². The summed E-state index contributed by atoms with van der Waals surface area (Å²) in [4.78, 5) is 0. The molecule has 0 spiro atoms. The smallest absolute Gasteiger partial charge is 0.00733 e. The van der Waals surface area contributed by atoms with Crippen molar-refractivity contribution in [2.24, 2.45) is 0 Å². The lowest BCUT2D eigenvalue weighted by molar-refractivity contribution is 0.953. The van der Waals surface area contributed by atoms with Gasteiger partial charge in [0.1, 0.15) is 0 Å². The molecule has 1 radical (unpaired) electrons. The number of benzene rings is 4. The molecule has 27 heavy (non-hydrogen) atoms. The van der Waals surface area contributed by atoms with Crippen LogP contribution in [-0.4, -0.2) is 0 Å². The van der Waals surface area contributed by atoms with Crippen LogP contribution < -0.4 is 0 Å². The van der Waals surface area contributed by atoms with Gasteiger partial charge >= 0.3 is 0 Å². The third-order valence-corrected chi connectivity index (χ3v) is 4.89. The van der Waals surface area contributed by atoms with Gasteiger partial charge in [0.2, 0.25) is 0 Å². The normalized spacial score (nSPS) is 10.7. The summed E-state index contributed by atoms with van der Waals surface area (Å²) >= 11 is 0. The maximum atomic E-state index is 2.32. The molecule has 4 rings (SSSR count). The first-order valence-electron chi connectivity index (χ1n) is 9.53. The maximum Gasteiger partial charge on any atom is -0.00733 e. The van der Waals surface area contributed by atoms with Gasteiger partial charge in [0.05, 0.1) is 0 Å². The van der Waals surface area contributed by atoms with E-state index < -0.39 is 0 Å². The number of aryl methyl sites for hydroxylation is 1. The van der Waals surface area contributed by atoms with Crippen LogP contribution in [0.25, 0.3) is 22.3 Å². The van der Waals surface area contributed by atoms with Crippen molar-refractivity contribution in [1.29, 1.82) is 0 Å². The van der Waals surface area contributed by atoms with E-state index in [0.29, 0.717) is 0 Å². The Morgan fingerprint density at radius 2 is 1.11 bits per heavy atom. The molecule has 0 saturated heterocycles. The molecule has 0 bridgehead atoms. The van der Waals surface area contributed by atoms with E-state index in [9.17, 15) is 0 Å². The van der Waals surface area contributed by atoms with Gasteiger partial charge in [-0.05, 0) is 52.6 Å². The largest absolute Gasteiger partial charge is 0.0622 e. The summed E-state index contributed by atoms with van der Waals surface area (Å²) in [6, 6.07) is 38.7. The van der Waals surface area contributed by atoms with Gasteiger partial charge in [-0.15, -0.1) is 0 Å². The predicted octanol–water partition coefficient (Wildman–Crippen LogP) is 7.21. The quantitative estimate of drug-likeness (QED) is 0.346. The monoisotopic (exact) mass is 347 g/mol. The molecule has 0 amide bonds. The van der Waals surface area contributed by atoms with Crippen LogP contribution in [-0.2, 0) is 6.42 Å². The predicted molar refractivity (Wildman–Crippen MR) is 115 cm³/mol. The van der Waals surface area contributed by atoms with Crippen molar-refractivity contribution in [3.05, 3.63) is 127 Å². The third kappa shape index (κ3) is 4.17. The van der Waals surface area contributed by atoms with Gasteiger partial charge in [0.25, 0.3) is 0 Å². The highest BCUT2D eigenvalue weighted by atomic mass is 14.2. The molecule has 0 heterocycles. The van der Waals surface area contributed by atoms with Gasteiger partial charge in [-0.2, -0.15) is 0 Å². The van der Waals surface area contributed by atoms with Crippen LogP contribution in [0.4, 0.5) is 0 Å². The first kappa shape index (κ1) is 17.3. The Bertz CT molecular complexity index is 970. The van der Waals surface area contributed by atoms with Gasteiger partial charge in [0.15, 0.2) is 0 Å². The van der Waals surface area contributed by atoms with Gasteiger partial charge < -0.3 is 0 Å². The molecule has 131 valence electrons. The summed E-state index contributed by atoms with van der Waals surface area (Å²) in [6.07, 6.45) is 4.38. The minimum atomic E-state index is 1.03. The molecular weight excluding hydrogens is 324 g/mol. The molecular formula is C27H23. The fourth-order valence-corrected chi connectivity index (χ4v) is 3.60. The Hall–Kier alpha value is -3.12. The highest BCUT2D eigenvalue weighted by molar-refractivity contribution is 5.85. The fraction of sp³-hybridized carbons (Fsp3) is 0.0741. The maximum absolute atomic E-state index is 2.32. The van der Waals surface area contributed by atoms with Crippen LogP contribution in [0.3, 0.4) is 0 Å². The summed E-state index contributed by atoms with van der Waals surface area (Å²) in [7, 11) is 0. The summed E-state index contributed by atoms with van der Waals surface area (Å²) < 4.78 is 0. The Balaban J connectivity index is 1.68. The van der Waals surface area contributed by atoms with Crippen molar-refractivity contribution >= 4 is 0 Å². The van der Waals surface area contributed by atoms with Crippen LogP contribution >= 0.6 is 0 Å². The van der Waals surface area contributed by atoms with E-state index in [4.69, 9.17) is 0 Å². The molecule has 0 fully saturated rings. The molecule has 0 aliphatic carbocycles. The molecule has 0 aromatic heterocycles. The second-order valence-electron chi connectivity index (χ2n) is 6.73. The van der Waals surface area contributed by atoms with Crippen molar-refractivity contribution in [3.8, 4) is 22.3 Å². The highest BCUT2D eigenvalue weighted by Crippen LogP contribution is 2.35. The Labute approximate surface area is 162 Å². The lowest BCUT2D eigenvalue weighted by Crippen LogP contribution is -1.95. The van der Waals surface area contributed by atoms with Crippen molar-refractivity contribution in [2.45, 2.75) is 12.8 Å². The van der Waals surface area contributed by atoms with Gasteiger partial charge in [-0.3, -0.25) is 0 Å². The first-order valence-corrected chi connectivity index (χ1v) is 9.53. The molecule has 0 N–H and O–H groups in total. The molecule has 0 nitrogen and oxygen atoms in total. The molecule has 0 aliphatic rings. The standard InChI is InChI=1S/C27H23/c1-4-12-22(13-5-1)14-10-19-25-20-11-21-26(23-15-6-2-7-16-23)27(25)24-17-8-3-9-18-24/h1-9,11-18,20-21H,10,19H2. The number of hydrogen-bond acceptors (Lipinski definition) is 0. The van der Waals surface area contributed by atoms with E-state index in [-0.39, 0.29) is 0 Å². The van der Waals surface area contributed by atoms with Crippen LogP contribution in [0.1, 0.15) is 17.5 Å². The number of rotatable bonds is 6. The van der Waals surface area contributed by atoms with E-state index in [0.717, 1.165) is 12.8 Å². The van der Waals surface area contributed by atoms with Gasteiger partial charge in [-0.25, -0.2) is 0 Å².